The monoisotopic (exact) mass is 451 g/mol. The number of urea groups is 1. The Labute approximate surface area is 194 Å². The number of benzene rings is 1. The molecule has 0 radical (unpaired) electrons. The van der Waals surface area contributed by atoms with E-state index in [0.29, 0.717) is 12.1 Å². The van der Waals surface area contributed by atoms with Crippen LogP contribution in [-0.4, -0.2) is 33.8 Å². The topological polar surface area (TPSA) is 62.2 Å². The molecule has 170 valence electrons. The van der Waals surface area contributed by atoms with E-state index in [9.17, 15) is 4.79 Å². The molecule has 2 N–H and O–H groups in total. The number of rotatable bonds is 7. The number of carbonyl (C=O) groups is 1. The maximum atomic E-state index is 12.9. The minimum Gasteiger partial charge on any atom is -0.307 e. The number of anilines is 1. The Balaban J connectivity index is 1.17. The van der Waals surface area contributed by atoms with Crippen LogP contribution in [0.4, 0.5) is 10.5 Å². The summed E-state index contributed by atoms with van der Waals surface area (Å²) in [5, 5.41) is 9.01. The maximum absolute atomic E-state index is 12.9. The van der Waals surface area contributed by atoms with Crippen molar-refractivity contribution in [2.45, 2.75) is 88.2 Å². The molecule has 1 atom stereocenters. The van der Waals surface area contributed by atoms with Crippen molar-refractivity contribution in [2.75, 3.05) is 18.4 Å². The lowest BCUT2D eigenvalue weighted by Crippen LogP contribution is -2.40. The summed E-state index contributed by atoms with van der Waals surface area (Å²) in [5.41, 5.74) is 8.03. The predicted molar refractivity (Wildman–Crippen MR) is 128 cm³/mol. The van der Waals surface area contributed by atoms with Crippen molar-refractivity contribution in [3.63, 3.8) is 0 Å². The molecule has 1 saturated heterocycles. The second-order valence-corrected chi connectivity index (χ2v) is 10.6. The van der Waals surface area contributed by atoms with Crippen LogP contribution in [0.15, 0.2) is 17.2 Å². The summed E-state index contributed by atoms with van der Waals surface area (Å²) in [6, 6.07) is 5.44. The second kappa shape index (κ2) is 8.41. The number of carbonyl (C=O) groups excluding carboxylic acids is 1. The standard InChI is InChI=1S/C25H33N5OS/c1-2-21(29-12-5-13-29)22-15-23(27-30(22)18-10-11-18)32-28-25(31)26-24-19-8-3-6-16(19)14-17-7-4-9-20(17)24/h14-15,18,21H,2-13H2,1H3,(H2,26,28,31). The van der Waals surface area contributed by atoms with Gasteiger partial charge in [-0.15, -0.1) is 0 Å². The van der Waals surface area contributed by atoms with Crippen LogP contribution >= 0.6 is 11.9 Å². The number of hydrogen-bond donors (Lipinski definition) is 2. The van der Waals surface area contributed by atoms with E-state index in [4.69, 9.17) is 5.10 Å². The molecule has 1 aliphatic heterocycles. The van der Waals surface area contributed by atoms with Gasteiger partial charge in [0, 0.05) is 30.7 Å². The van der Waals surface area contributed by atoms with Crippen LogP contribution in [0, 0.1) is 0 Å². The molecule has 0 bridgehead atoms. The zero-order valence-corrected chi connectivity index (χ0v) is 19.8. The molecule has 1 aromatic carbocycles. The number of aryl methyl sites for hydroxylation is 2. The quantitative estimate of drug-likeness (QED) is 0.570. The highest BCUT2D eigenvalue weighted by Gasteiger charge is 2.33. The normalized spacial score (nSPS) is 20.5. The first-order chi connectivity index (χ1) is 15.7. The first kappa shape index (κ1) is 20.6. The number of nitrogens with one attached hydrogen (secondary N) is 2. The van der Waals surface area contributed by atoms with Crippen LogP contribution in [0.25, 0.3) is 0 Å². The second-order valence-electron chi connectivity index (χ2n) is 9.79. The van der Waals surface area contributed by atoms with Crippen molar-refractivity contribution >= 4 is 23.7 Å². The van der Waals surface area contributed by atoms with Gasteiger partial charge in [-0.2, -0.15) is 5.10 Å². The molecule has 4 aliphatic rings. The minimum absolute atomic E-state index is 0.137. The molecule has 3 aliphatic carbocycles. The molecule has 2 amide bonds. The summed E-state index contributed by atoms with van der Waals surface area (Å²) in [7, 11) is 0. The van der Waals surface area contributed by atoms with Crippen molar-refractivity contribution in [1.29, 1.82) is 0 Å². The van der Waals surface area contributed by atoms with E-state index in [2.05, 4.69) is 38.7 Å². The van der Waals surface area contributed by atoms with Gasteiger partial charge in [0.15, 0.2) is 0 Å². The first-order valence-corrected chi connectivity index (χ1v) is 13.3. The van der Waals surface area contributed by atoms with E-state index < -0.39 is 0 Å². The average molecular weight is 452 g/mol. The van der Waals surface area contributed by atoms with E-state index in [0.717, 1.165) is 42.8 Å². The van der Waals surface area contributed by atoms with Crippen molar-refractivity contribution in [2.24, 2.45) is 0 Å². The number of fused-ring (bicyclic) bond motifs is 2. The highest BCUT2D eigenvalue weighted by atomic mass is 32.2. The Hall–Kier alpha value is -1.99. The van der Waals surface area contributed by atoms with E-state index in [1.165, 1.54) is 85.1 Å². The molecule has 1 unspecified atom stereocenters. The highest BCUT2D eigenvalue weighted by Crippen LogP contribution is 2.41. The smallest absolute Gasteiger partial charge is 0.307 e. The molecule has 0 spiro atoms. The van der Waals surface area contributed by atoms with Gasteiger partial charge < -0.3 is 5.32 Å². The lowest BCUT2D eigenvalue weighted by Gasteiger charge is -2.38. The fourth-order valence-electron chi connectivity index (χ4n) is 5.81. The zero-order valence-electron chi connectivity index (χ0n) is 19.0. The lowest BCUT2D eigenvalue weighted by molar-refractivity contribution is 0.108. The molecule has 2 aromatic rings. The van der Waals surface area contributed by atoms with Gasteiger partial charge in [0.05, 0.1) is 17.8 Å². The Kier molecular flexibility index (Phi) is 5.42. The largest absolute Gasteiger partial charge is 0.329 e. The minimum atomic E-state index is -0.137. The van der Waals surface area contributed by atoms with Crippen molar-refractivity contribution in [1.82, 2.24) is 19.4 Å². The Morgan fingerprint density at radius 3 is 2.41 bits per heavy atom. The van der Waals surface area contributed by atoms with E-state index >= 15 is 0 Å². The number of amides is 2. The average Bonchev–Trinajstić information content (AvgIpc) is 3.14. The van der Waals surface area contributed by atoms with Gasteiger partial charge in [-0.05, 0) is 92.5 Å². The summed E-state index contributed by atoms with van der Waals surface area (Å²) in [5.74, 6) is 0. The van der Waals surface area contributed by atoms with Crippen molar-refractivity contribution in [3.8, 4) is 0 Å². The van der Waals surface area contributed by atoms with Crippen LogP contribution in [-0.2, 0) is 25.7 Å². The number of hydrogen-bond acceptors (Lipinski definition) is 4. The molecule has 2 fully saturated rings. The van der Waals surface area contributed by atoms with Gasteiger partial charge in [-0.3, -0.25) is 14.3 Å². The van der Waals surface area contributed by atoms with E-state index in [1.54, 1.807) is 0 Å². The molecule has 6 nitrogen and oxygen atoms in total. The third-order valence-corrected chi connectivity index (χ3v) is 8.35. The Morgan fingerprint density at radius 1 is 1.09 bits per heavy atom. The Morgan fingerprint density at radius 2 is 1.81 bits per heavy atom. The van der Waals surface area contributed by atoms with Crippen molar-refractivity contribution in [3.05, 3.63) is 40.1 Å². The SMILES string of the molecule is CCC(c1cc(SNC(=O)Nc2c3c(cc4c2CCC4)CCC3)nn1C1CC1)N1CCC1. The van der Waals surface area contributed by atoms with Crippen LogP contribution in [0.1, 0.15) is 85.5 Å². The third kappa shape index (κ3) is 3.73. The van der Waals surface area contributed by atoms with Crippen molar-refractivity contribution < 1.29 is 4.79 Å². The van der Waals surface area contributed by atoms with Gasteiger partial charge in [0.25, 0.3) is 0 Å². The first-order valence-electron chi connectivity index (χ1n) is 12.4. The van der Waals surface area contributed by atoms with Crippen LogP contribution in [0.3, 0.4) is 0 Å². The third-order valence-electron chi connectivity index (χ3n) is 7.65. The predicted octanol–water partition coefficient (Wildman–Crippen LogP) is 5.18. The Bertz CT molecular complexity index is 1010. The summed E-state index contributed by atoms with van der Waals surface area (Å²) < 4.78 is 5.26. The van der Waals surface area contributed by atoms with E-state index in [-0.39, 0.29) is 6.03 Å². The number of likely N-dealkylation sites (tertiary alicyclic amines) is 1. The lowest BCUT2D eigenvalue weighted by atomic mass is 9.99. The van der Waals surface area contributed by atoms with Crippen LogP contribution < -0.4 is 10.0 Å². The molecular weight excluding hydrogens is 418 g/mol. The van der Waals surface area contributed by atoms with Gasteiger partial charge in [-0.1, -0.05) is 13.0 Å². The highest BCUT2D eigenvalue weighted by molar-refractivity contribution is 7.97. The van der Waals surface area contributed by atoms with Crippen LogP contribution in [0.2, 0.25) is 0 Å². The molecule has 7 heteroatoms. The molecule has 6 rings (SSSR count). The molecule has 1 aromatic heterocycles. The fourth-order valence-corrected chi connectivity index (χ4v) is 6.36. The summed E-state index contributed by atoms with van der Waals surface area (Å²) in [6.45, 7) is 4.63. The number of aromatic nitrogens is 2. The van der Waals surface area contributed by atoms with Gasteiger partial charge in [0.2, 0.25) is 0 Å². The summed E-state index contributed by atoms with van der Waals surface area (Å²) >= 11 is 1.35. The van der Waals surface area contributed by atoms with E-state index in [1.807, 2.05) is 0 Å². The van der Waals surface area contributed by atoms with Crippen LogP contribution in [0.5, 0.6) is 0 Å². The molecule has 2 heterocycles. The maximum Gasteiger partial charge on any atom is 0.329 e. The van der Waals surface area contributed by atoms with Gasteiger partial charge in [-0.25, -0.2) is 4.79 Å². The summed E-state index contributed by atoms with van der Waals surface area (Å²) in [4.78, 5) is 15.4. The van der Waals surface area contributed by atoms with Gasteiger partial charge >= 0.3 is 6.03 Å². The molecule has 1 saturated carbocycles. The van der Waals surface area contributed by atoms with Gasteiger partial charge in [0.1, 0.15) is 5.03 Å². The molecule has 32 heavy (non-hydrogen) atoms. The fraction of sp³-hybridized carbons (Fsp3) is 0.600. The number of nitrogens with zero attached hydrogens (tertiary/aromatic N) is 3. The molecular formula is C25H33N5OS. The zero-order chi connectivity index (χ0) is 21.7. The summed E-state index contributed by atoms with van der Waals surface area (Å²) in [6.07, 6.45) is 11.7.